The van der Waals surface area contributed by atoms with Crippen LogP contribution in [0.2, 0.25) is 0 Å². The summed E-state index contributed by atoms with van der Waals surface area (Å²) in [4.78, 5) is 11.4. The first-order chi connectivity index (χ1) is 6.77. The predicted octanol–water partition coefficient (Wildman–Crippen LogP) is 1.28. The maximum atomic E-state index is 11.4. The van der Waals surface area contributed by atoms with E-state index in [-0.39, 0.29) is 17.7 Å². The fraction of sp³-hybridized carbons (Fsp3) is 0.500. The van der Waals surface area contributed by atoms with Gasteiger partial charge in [-0.3, -0.25) is 4.79 Å². The highest BCUT2D eigenvalue weighted by Crippen LogP contribution is 2.05. The number of ether oxygens (including phenoxy) is 1. The normalized spacial score (nSPS) is 10.1. The molecule has 78 valence electrons. The van der Waals surface area contributed by atoms with Crippen molar-refractivity contribution in [2.45, 2.75) is 26.3 Å². The minimum Gasteiger partial charge on any atom is -0.487 e. The van der Waals surface area contributed by atoms with Crippen molar-refractivity contribution in [3.8, 4) is 5.75 Å². The number of hydrogen-bond acceptors (Lipinski definition) is 4. The van der Waals surface area contributed by atoms with Gasteiger partial charge >= 0.3 is 0 Å². The third kappa shape index (κ3) is 2.88. The Morgan fingerprint density at radius 1 is 1.57 bits per heavy atom. The van der Waals surface area contributed by atoms with Crippen molar-refractivity contribution in [3.05, 3.63) is 28.3 Å². The molecule has 1 heterocycles. The highest BCUT2D eigenvalue weighted by Gasteiger charge is 2.02. The molecule has 1 aromatic heterocycles. The highest BCUT2D eigenvalue weighted by atomic mass is 16.5. The van der Waals surface area contributed by atoms with E-state index in [9.17, 15) is 4.79 Å². The number of rotatable bonds is 5. The van der Waals surface area contributed by atoms with Gasteiger partial charge in [0.15, 0.2) is 0 Å². The van der Waals surface area contributed by atoms with Gasteiger partial charge in [0.1, 0.15) is 12.0 Å². The molecule has 0 fully saturated rings. The zero-order chi connectivity index (χ0) is 10.4. The molecule has 0 aliphatic carbocycles. The Balaban J connectivity index is 2.64. The lowest BCUT2D eigenvalue weighted by Gasteiger charge is -2.03. The fourth-order valence-corrected chi connectivity index (χ4v) is 0.977. The van der Waals surface area contributed by atoms with Gasteiger partial charge < -0.3 is 14.9 Å². The first-order valence-electron chi connectivity index (χ1n) is 4.72. The number of nitrogens with two attached hydrogens (primary N) is 1. The van der Waals surface area contributed by atoms with Crippen LogP contribution in [-0.2, 0) is 6.54 Å². The molecule has 0 aliphatic heterocycles. The average Bonchev–Trinajstić information content (AvgIpc) is 2.20. The second-order valence-electron chi connectivity index (χ2n) is 2.98. The largest absolute Gasteiger partial charge is 0.487 e. The molecule has 0 atom stereocenters. The van der Waals surface area contributed by atoms with Gasteiger partial charge in [-0.05, 0) is 6.42 Å². The van der Waals surface area contributed by atoms with Gasteiger partial charge in [0.25, 0.3) is 0 Å². The molecule has 1 aromatic rings. The maximum Gasteiger partial charge on any atom is 0.227 e. The Bertz CT molecular complexity index is 332. The van der Waals surface area contributed by atoms with E-state index in [1.807, 2.05) is 0 Å². The van der Waals surface area contributed by atoms with Gasteiger partial charge in [-0.15, -0.1) is 0 Å². The second kappa shape index (κ2) is 5.44. The van der Waals surface area contributed by atoms with Crippen LogP contribution >= 0.6 is 0 Å². The van der Waals surface area contributed by atoms with Crippen molar-refractivity contribution in [2.75, 3.05) is 6.61 Å². The van der Waals surface area contributed by atoms with Crippen molar-refractivity contribution >= 4 is 0 Å². The Morgan fingerprint density at radius 2 is 2.36 bits per heavy atom. The topological polar surface area (TPSA) is 65.5 Å². The maximum absolute atomic E-state index is 11.4. The average molecular weight is 197 g/mol. The van der Waals surface area contributed by atoms with Crippen LogP contribution in [0.25, 0.3) is 0 Å². The number of unbranched alkanes of at least 4 members (excludes halogenated alkanes) is 1. The third-order valence-electron chi connectivity index (χ3n) is 1.81. The molecule has 0 aromatic carbocycles. The van der Waals surface area contributed by atoms with Crippen LogP contribution in [0, 0.1) is 0 Å². The van der Waals surface area contributed by atoms with Gasteiger partial charge in [-0.2, -0.15) is 0 Å². The zero-order valence-electron chi connectivity index (χ0n) is 8.29. The molecule has 0 amide bonds. The first kappa shape index (κ1) is 10.8. The van der Waals surface area contributed by atoms with E-state index in [1.54, 1.807) is 0 Å². The van der Waals surface area contributed by atoms with Crippen LogP contribution in [0.4, 0.5) is 0 Å². The van der Waals surface area contributed by atoms with Crippen molar-refractivity contribution in [1.82, 2.24) is 0 Å². The quantitative estimate of drug-likeness (QED) is 0.722. The van der Waals surface area contributed by atoms with Crippen LogP contribution in [0.3, 0.4) is 0 Å². The van der Waals surface area contributed by atoms with Gasteiger partial charge in [0, 0.05) is 6.07 Å². The second-order valence-corrected chi connectivity index (χ2v) is 2.98. The summed E-state index contributed by atoms with van der Waals surface area (Å²) in [6.45, 7) is 2.83. The van der Waals surface area contributed by atoms with E-state index in [4.69, 9.17) is 14.9 Å². The molecule has 4 heteroatoms. The summed E-state index contributed by atoms with van der Waals surface area (Å²) in [5.74, 6) is 0.730. The molecule has 2 N–H and O–H groups in total. The molecule has 0 radical (unpaired) electrons. The van der Waals surface area contributed by atoms with Crippen LogP contribution in [-0.4, -0.2) is 6.61 Å². The SMILES string of the molecule is CCCCOc1coc(CN)cc1=O. The van der Waals surface area contributed by atoms with Crippen LogP contribution in [0.1, 0.15) is 25.5 Å². The van der Waals surface area contributed by atoms with Crippen LogP contribution in [0.15, 0.2) is 21.5 Å². The van der Waals surface area contributed by atoms with Gasteiger partial charge in [0.05, 0.1) is 13.2 Å². The molecule has 0 saturated carbocycles. The van der Waals surface area contributed by atoms with E-state index in [0.717, 1.165) is 12.8 Å². The summed E-state index contributed by atoms with van der Waals surface area (Å²) >= 11 is 0. The van der Waals surface area contributed by atoms with Crippen LogP contribution in [0.5, 0.6) is 5.75 Å². The lowest BCUT2D eigenvalue weighted by atomic mass is 10.3. The van der Waals surface area contributed by atoms with Crippen LogP contribution < -0.4 is 15.9 Å². The molecule has 14 heavy (non-hydrogen) atoms. The van der Waals surface area contributed by atoms with Crippen molar-refractivity contribution in [2.24, 2.45) is 5.73 Å². The van der Waals surface area contributed by atoms with E-state index in [1.165, 1.54) is 12.3 Å². The lowest BCUT2D eigenvalue weighted by Crippen LogP contribution is -2.10. The highest BCUT2D eigenvalue weighted by molar-refractivity contribution is 5.17. The molecule has 1 rings (SSSR count). The molecule has 4 nitrogen and oxygen atoms in total. The summed E-state index contributed by atoms with van der Waals surface area (Å²) < 4.78 is 10.3. The van der Waals surface area contributed by atoms with E-state index < -0.39 is 0 Å². The number of hydrogen-bond donors (Lipinski definition) is 1. The van der Waals surface area contributed by atoms with Crippen molar-refractivity contribution in [3.63, 3.8) is 0 Å². The molecular weight excluding hydrogens is 182 g/mol. The van der Waals surface area contributed by atoms with Gasteiger partial charge in [-0.25, -0.2) is 0 Å². The Kier molecular flexibility index (Phi) is 4.19. The van der Waals surface area contributed by atoms with Crippen molar-refractivity contribution in [1.29, 1.82) is 0 Å². The summed E-state index contributed by atoms with van der Waals surface area (Å²) in [6.07, 6.45) is 3.28. The predicted molar refractivity (Wildman–Crippen MR) is 53.3 cm³/mol. The monoisotopic (exact) mass is 197 g/mol. The molecule has 0 saturated heterocycles. The third-order valence-corrected chi connectivity index (χ3v) is 1.81. The Morgan fingerprint density at radius 3 is 2.93 bits per heavy atom. The molecule has 0 bridgehead atoms. The first-order valence-corrected chi connectivity index (χ1v) is 4.72. The zero-order valence-corrected chi connectivity index (χ0v) is 8.29. The van der Waals surface area contributed by atoms with E-state index >= 15 is 0 Å². The molecule has 0 unspecified atom stereocenters. The summed E-state index contributed by atoms with van der Waals surface area (Å²) in [5.41, 5.74) is 5.14. The standard InChI is InChI=1S/C10H15NO3/c1-2-3-4-13-10-7-14-8(6-11)5-9(10)12/h5,7H,2-4,6,11H2,1H3. The molecule has 0 spiro atoms. The van der Waals surface area contributed by atoms with Gasteiger partial charge in [0.2, 0.25) is 11.2 Å². The fourth-order valence-electron chi connectivity index (χ4n) is 0.977. The summed E-state index contributed by atoms with van der Waals surface area (Å²) in [6, 6.07) is 1.36. The van der Waals surface area contributed by atoms with Crippen molar-refractivity contribution < 1.29 is 9.15 Å². The lowest BCUT2D eigenvalue weighted by molar-refractivity contribution is 0.293. The summed E-state index contributed by atoms with van der Waals surface area (Å²) in [5, 5.41) is 0. The van der Waals surface area contributed by atoms with Gasteiger partial charge in [-0.1, -0.05) is 13.3 Å². The summed E-state index contributed by atoms with van der Waals surface area (Å²) in [7, 11) is 0. The Labute approximate surface area is 82.7 Å². The minimum absolute atomic E-state index is 0.173. The Hall–Kier alpha value is -1.29. The molecular formula is C10H15NO3. The smallest absolute Gasteiger partial charge is 0.227 e. The van der Waals surface area contributed by atoms with E-state index in [0.29, 0.717) is 12.4 Å². The van der Waals surface area contributed by atoms with E-state index in [2.05, 4.69) is 6.92 Å². The molecule has 0 aliphatic rings. The minimum atomic E-state index is -0.173.